The van der Waals surface area contributed by atoms with Gasteiger partial charge in [-0.05, 0) is 41.8 Å². The number of benzene rings is 1. The fourth-order valence-electron chi connectivity index (χ4n) is 2.72. The van der Waals surface area contributed by atoms with Gasteiger partial charge >= 0.3 is 0 Å². The minimum Gasteiger partial charge on any atom is -0.359 e. The Bertz CT molecular complexity index is 1020. The van der Waals surface area contributed by atoms with E-state index in [0.717, 1.165) is 0 Å². The molecule has 122 valence electrons. The van der Waals surface area contributed by atoms with E-state index in [1.54, 1.807) is 42.6 Å². The Balaban J connectivity index is 1.74. The van der Waals surface area contributed by atoms with Crippen LogP contribution >= 0.6 is 11.3 Å². The lowest BCUT2D eigenvalue weighted by molar-refractivity contribution is -0.110. The van der Waals surface area contributed by atoms with E-state index in [1.807, 2.05) is 11.4 Å². The van der Waals surface area contributed by atoms with Crippen molar-refractivity contribution in [2.75, 3.05) is 5.32 Å². The lowest BCUT2D eigenvalue weighted by atomic mass is 10.00. The summed E-state index contributed by atoms with van der Waals surface area (Å²) in [4.78, 5) is 40.5. The number of carbonyl (C=O) groups excluding carboxylic acids is 3. The predicted molar refractivity (Wildman–Crippen MR) is 95.9 cm³/mol. The average molecular weight is 348 g/mol. The Morgan fingerprint density at radius 1 is 1.08 bits per heavy atom. The number of thiophene rings is 1. The number of amides is 1. The molecule has 0 unspecified atom stereocenters. The normalized spacial score (nSPS) is 14.4. The van der Waals surface area contributed by atoms with Gasteiger partial charge in [0.25, 0.3) is 5.91 Å². The van der Waals surface area contributed by atoms with Gasteiger partial charge in [-0.1, -0.05) is 6.07 Å². The summed E-state index contributed by atoms with van der Waals surface area (Å²) in [6.45, 7) is 0. The molecular formula is C19H12N2O3S. The summed E-state index contributed by atoms with van der Waals surface area (Å²) in [7, 11) is 0. The molecular weight excluding hydrogens is 336 g/mol. The fraction of sp³-hybridized carbons (Fsp3) is 0. The number of carbonyl (C=O) groups is 3. The summed E-state index contributed by atoms with van der Waals surface area (Å²) in [5, 5.41) is 4.56. The lowest BCUT2D eigenvalue weighted by Crippen LogP contribution is -2.06. The van der Waals surface area contributed by atoms with Crippen LogP contribution in [0.15, 0.2) is 60.1 Å². The molecule has 4 rings (SSSR count). The molecule has 2 N–H and O–H groups in total. The molecule has 6 heteroatoms. The second-order valence-electron chi connectivity index (χ2n) is 5.53. The zero-order chi connectivity index (χ0) is 17.4. The summed E-state index contributed by atoms with van der Waals surface area (Å²) in [5.41, 5.74) is 2.30. The molecule has 0 saturated carbocycles. The first-order valence-electron chi connectivity index (χ1n) is 7.57. The van der Waals surface area contributed by atoms with Crippen LogP contribution in [0.25, 0.3) is 5.57 Å². The SMILES string of the molecule is O=C1Nc2ccc(C(=O)c3cccs3)cc2/C1=C/C(=O)c1ccc[nH]1. The Hall–Kier alpha value is -3.25. The maximum Gasteiger partial charge on any atom is 0.256 e. The van der Waals surface area contributed by atoms with Gasteiger partial charge in [0, 0.05) is 29.1 Å². The molecule has 0 saturated heterocycles. The van der Waals surface area contributed by atoms with E-state index in [0.29, 0.717) is 27.4 Å². The van der Waals surface area contributed by atoms with Gasteiger partial charge in [-0.3, -0.25) is 14.4 Å². The number of ketones is 2. The van der Waals surface area contributed by atoms with Crippen molar-refractivity contribution in [1.82, 2.24) is 4.98 Å². The Kier molecular flexibility index (Phi) is 3.66. The summed E-state index contributed by atoms with van der Waals surface area (Å²) < 4.78 is 0. The van der Waals surface area contributed by atoms with Crippen molar-refractivity contribution >= 4 is 40.1 Å². The first kappa shape index (κ1) is 15.3. The van der Waals surface area contributed by atoms with Crippen LogP contribution in [0.3, 0.4) is 0 Å². The van der Waals surface area contributed by atoms with Gasteiger partial charge in [-0.2, -0.15) is 0 Å². The lowest BCUT2D eigenvalue weighted by Gasteiger charge is -2.03. The van der Waals surface area contributed by atoms with E-state index in [-0.39, 0.29) is 23.0 Å². The molecule has 0 atom stereocenters. The van der Waals surface area contributed by atoms with Gasteiger partial charge < -0.3 is 10.3 Å². The largest absolute Gasteiger partial charge is 0.359 e. The summed E-state index contributed by atoms with van der Waals surface area (Å²) in [6.07, 6.45) is 2.94. The molecule has 0 fully saturated rings. The predicted octanol–water partition coefficient (Wildman–Crippen LogP) is 3.53. The molecule has 1 aliphatic rings. The van der Waals surface area contributed by atoms with Gasteiger partial charge in [-0.15, -0.1) is 11.3 Å². The molecule has 0 bridgehead atoms. The van der Waals surface area contributed by atoms with Crippen molar-refractivity contribution in [1.29, 1.82) is 0 Å². The molecule has 1 amide bonds. The van der Waals surface area contributed by atoms with Crippen LogP contribution in [0.4, 0.5) is 5.69 Å². The molecule has 3 aromatic rings. The number of hydrogen-bond donors (Lipinski definition) is 2. The third-order valence-corrected chi connectivity index (χ3v) is 4.82. The van der Waals surface area contributed by atoms with Gasteiger partial charge in [0.05, 0.1) is 16.1 Å². The Morgan fingerprint density at radius 2 is 1.96 bits per heavy atom. The number of anilines is 1. The third-order valence-electron chi connectivity index (χ3n) is 3.95. The molecule has 0 aliphatic carbocycles. The number of allylic oxidation sites excluding steroid dienone is 1. The molecule has 3 heterocycles. The maximum atomic E-state index is 12.5. The van der Waals surface area contributed by atoms with Gasteiger partial charge in [-0.25, -0.2) is 0 Å². The number of rotatable bonds is 4. The summed E-state index contributed by atoms with van der Waals surface area (Å²) in [5.74, 6) is -0.749. The van der Waals surface area contributed by atoms with Gasteiger partial charge in [0.15, 0.2) is 0 Å². The van der Waals surface area contributed by atoms with Gasteiger partial charge in [0.2, 0.25) is 11.6 Å². The van der Waals surface area contributed by atoms with Crippen molar-refractivity contribution in [2.24, 2.45) is 0 Å². The van der Waals surface area contributed by atoms with Crippen LogP contribution in [-0.2, 0) is 4.79 Å². The van der Waals surface area contributed by atoms with Crippen LogP contribution in [0.2, 0.25) is 0 Å². The van der Waals surface area contributed by atoms with Crippen LogP contribution in [0.5, 0.6) is 0 Å². The average Bonchev–Trinajstić information content (AvgIpc) is 3.36. The molecule has 5 nitrogen and oxygen atoms in total. The van der Waals surface area contributed by atoms with E-state index >= 15 is 0 Å². The smallest absolute Gasteiger partial charge is 0.256 e. The van der Waals surface area contributed by atoms with Crippen LogP contribution in [0.1, 0.15) is 31.3 Å². The van der Waals surface area contributed by atoms with Crippen molar-refractivity contribution in [3.8, 4) is 0 Å². The molecule has 0 radical (unpaired) electrons. The minimum atomic E-state index is -0.351. The number of aromatic nitrogens is 1. The topological polar surface area (TPSA) is 79.0 Å². The van der Waals surface area contributed by atoms with E-state index in [9.17, 15) is 14.4 Å². The molecule has 1 aliphatic heterocycles. The first-order chi connectivity index (χ1) is 12.1. The van der Waals surface area contributed by atoms with E-state index in [2.05, 4.69) is 10.3 Å². The third kappa shape index (κ3) is 2.72. The van der Waals surface area contributed by atoms with E-state index < -0.39 is 0 Å². The molecule has 2 aromatic heterocycles. The van der Waals surface area contributed by atoms with Crippen molar-refractivity contribution < 1.29 is 14.4 Å². The highest BCUT2D eigenvalue weighted by Gasteiger charge is 2.26. The molecule has 1 aromatic carbocycles. The maximum absolute atomic E-state index is 12.5. The summed E-state index contributed by atoms with van der Waals surface area (Å²) in [6, 6.07) is 12.0. The monoisotopic (exact) mass is 348 g/mol. The zero-order valence-corrected chi connectivity index (χ0v) is 13.7. The van der Waals surface area contributed by atoms with Crippen LogP contribution in [-0.4, -0.2) is 22.5 Å². The number of aromatic amines is 1. The second-order valence-corrected chi connectivity index (χ2v) is 6.47. The number of hydrogen-bond acceptors (Lipinski definition) is 4. The number of H-pyrrole nitrogens is 1. The van der Waals surface area contributed by atoms with Crippen LogP contribution < -0.4 is 5.32 Å². The van der Waals surface area contributed by atoms with Crippen molar-refractivity contribution in [3.63, 3.8) is 0 Å². The summed E-state index contributed by atoms with van der Waals surface area (Å²) >= 11 is 1.36. The van der Waals surface area contributed by atoms with Crippen molar-refractivity contribution in [2.45, 2.75) is 0 Å². The molecule has 0 spiro atoms. The minimum absolute atomic E-state index is 0.104. The number of nitrogens with one attached hydrogen (secondary N) is 2. The van der Waals surface area contributed by atoms with Crippen LogP contribution in [0, 0.1) is 0 Å². The van der Waals surface area contributed by atoms with E-state index in [4.69, 9.17) is 0 Å². The van der Waals surface area contributed by atoms with Crippen molar-refractivity contribution in [3.05, 3.63) is 81.8 Å². The molecule has 25 heavy (non-hydrogen) atoms. The Morgan fingerprint density at radius 3 is 2.68 bits per heavy atom. The highest BCUT2D eigenvalue weighted by Crippen LogP contribution is 2.33. The second kappa shape index (κ2) is 5.99. The highest BCUT2D eigenvalue weighted by atomic mass is 32.1. The number of fused-ring (bicyclic) bond motifs is 1. The zero-order valence-electron chi connectivity index (χ0n) is 12.9. The van der Waals surface area contributed by atoms with Gasteiger partial charge in [0.1, 0.15) is 0 Å². The van der Waals surface area contributed by atoms with E-state index in [1.165, 1.54) is 17.4 Å². The fourth-order valence-corrected chi connectivity index (χ4v) is 3.40. The highest BCUT2D eigenvalue weighted by molar-refractivity contribution is 7.12. The standard InChI is InChI=1S/C19H12N2O3S/c22-16(15-3-1-7-20-15)10-13-12-9-11(5-6-14(12)21-19(13)24)18(23)17-4-2-8-25-17/h1-10,20H,(H,21,24)/b13-10-. The Labute approximate surface area is 147 Å². The quantitative estimate of drug-likeness (QED) is 0.559. The first-order valence-corrected chi connectivity index (χ1v) is 8.45.